The van der Waals surface area contributed by atoms with E-state index in [9.17, 15) is 4.79 Å². The second-order valence-corrected chi connectivity index (χ2v) is 3.10. The van der Waals surface area contributed by atoms with E-state index in [0.29, 0.717) is 6.04 Å². The standard InChI is InChI=1S/C8H16N2O/c1-7-3-4-9-5-6-10(7)8(2)11/h7,9H,3-6H2,1-2H3. The van der Waals surface area contributed by atoms with Crippen LogP contribution in [0.3, 0.4) is 0 Å². The average Bonchev–Trinajstić information content (AvgIpc) is 2.13. The molecule has 1 aliphatic rings. The molecule has 0 saturated carbocycles. The maximum atomic E-state index is 11.1. The van der Waals surface area contributed by atoms with E-state index in [1.165, 1.54) is 0 Å². The molecule has 1 atom stereocenters. The van der Waals surface area contributed by atoms with E-state index >= 15 is 0 Å². The molecule has 1 unspecified atom stereocenters. The van der Waals surface area contributed by atoms with E-state index < -0.39 is 0 Å². The summed E-state index contributed by atoms with van der Waals surface area (Å²) in [5, 5.41) is 3.27. The molecule has 1 fully saturated rings. The van der Waals surface area contributed by atoms with E-state index in [4.69, 9.17) is 0 Å². The summed E-state index contributed by atoms with van der Waals surface area (Å²) in [6.45, 7) is 6.57. The number of rotatable bonds is 0. The van der Waals surface area contributed by atoms with Crippen LogP contribution in [-0.4, -0.2) is 36.5 Å². The van der Waals surface area contributed by atoms with Gasteiger partial charge < -0.3 is 10.2 Å². The van der Waals surface area contributed by atoms with Crippen LogP contribution in [0.25, 0.3) is 0 Å². The lowest BCUT2D eigenvalue weighted by Crippen LogP contribution is -2.37. The highest BCUT2D eigenvalue weighted by Crippen LogP contribution is 2.05. The zero-order valence-corrected chi connectivity index (χ0v) is 7.26. The first kappa shape index (κ1) is 8.53. The Kier molecular flexibility index (Phi) is 2.88. The van der Waals surface area contributed by atoms with Gasteiger partial charge in [-0.05, 0) is 19.9 Å². The lowest BCUT2D eigenvalue weighted by molar-refractivity contribution is -0.130. The first-order chi connectivity index (χ1) is 5.22. The number of carbonyl (C=O) groups is 1. The Morgan fingerprint density at radius 3 is 2.91 bits per heavy atom. The van der Waals surface area contributed by atoms with Crippen LogP contribution in [-0.2, 0) is 4.79 Å². The van der Waals surface area contributed by atoms with Gasteiger partial charge in [0.2, 0.25) is 5.91 Å². The van der Waals surface area contributed by atoms with Crippen LogP contribution in [0.1, 0.15) is 20.3 Å². The van der Waals surface area contributed by atoms with Crippen molar-refractivity contribution < 1.29 is 4.79 Å². The molecule has 0 spiro atoms. The number of nitrogens with one attached hydrogen (secondary N) is 1. The zero-order chi connectivity index (χ0) is 8.27. The Balaban J connectivity index is 2.52. The lowest BCUT2D eigenvalue weighted by atomic mass is 10.2. The van der Waals surface area contributed by atoms with Crippen molar-refractivity contribution in [2.45, 2.75) is 26.3 Å². The SMILES string of the molecule is CC(=O)N1CCNCCC1C. The summed E-state index contributed by atoms with van der Waals surface area (Å²) in [6, 6.07) is 0.405. The highest BCUT2D eigenvalue weighted by molar-refractivity contribution is 5.73. The quantitative estimate of drug-likeness (QED) is 0.544. The van der Waals surface area contributed by atoms with Gasteiger partial charge >= 0.3 is 0 Å². The van der Waals surface area contributed by atoms with Crippen LogP contribution in [0.2, 0.25) is 0 Å². The summed E-state index contributed by atoms with van der Waals surface area (Å²) >= 11 is 0. The van der Waals surface area contributed by atoms with Gasteiger partial charge in [0.15, 0.2) is 0 Å². The van der Waals surface area contributed by atoms with Crippen molar-refractivity contribution in [2.24, 2.45) is 0 Å². The highest BCUT2D eigenvalue weighted by Gasteiger charge is 2.17. The van der Waals surface area contributed by atoms with Gasteiger partial charge in [-0.3, -0.25) is 4.79 Å². The molecule has 3 heteroatoms. The maximum Gasteiger partial charge on any atom is 0.219 e. The second-order valence-electron chi connectivity index (χ2n) is 3.10. The van der Waals surface area contributed by atoms with Gasteiger partial charge in [-0.15, -0.1) is 0 Å². The van der Waals surface area contributed by atoms with E-state index in [2.05, 4.69) is 12.2 Å². The molecule has 0 aromatic rings. The van der Waals surface area contributed by atoms with Crippen molar-refractivity contribution in [2.75, 3.05) is 19.6 Å². The van der Waals surface area contributed by atoms with E-state index in [-0.39, 0.29) is 5.91 Å². The first-order valence-corrected chi connectivity index (χ1v) is 4.19. The Bertz CT molecular complexity index is 147. The number of hydrogen-bond donors (Lipinski definition) is 1. The van der Waals surface area contributed by atoms with Crippen molar-refractivity contribution in [3.8, 4) is 0 Å². The molecular weight excluding hydrogens is 140 g/mol. The summed E-state index contributed by atoms with van der Waals surface area (Å²) in [4.78, 5) is 13.0. The lowest BCUT2D eigenvalue weighted by Gasteiger charge is -2.24. The molecule has 1 amide bonds. The topological polar surface area (TPSA) is 32.3 Å². The van der Waals surface area contributed by atoms with Crippen LogP contribution in [0, 0.1) is 0 Å². The second kappa shape index (κ2) is 3.72. The molecule has 1 N–H and O–H groups in total. The van der Waals surface area contributed by atoms with E-state index in [0.717, 1.165) is 26.1 Å². The molecule has 0 bridgehead atoms. The molecule has 0 aliphatic carbocycles. The summed E-state index contributed by atoms with van der Waals surface area (Å²) in [7, 11) is 0. The minimum Gasteiger partial charge on any atom is -0.339 e. The van der Waals surface area contributed by atoms with Gasteiger partial charge in [0, 0.05) is 26.1 Å². The van der Waals surface area contributed by atoms with Crippen LogP contribution >= 0.6 is 0 Å². The fraction of sp³-hybridized carbons (Fsp3) is 0.875. The number of nitrogens with zero attached hydrogens (tertiary/aromatic N) is 1. The van der Waals surface area contributed by atoms with Crippen LogP contribution in [0.5, 0.6) is 0 Å². The molecule has 3 nitrogen and oxygen atoms in total. The molecule has 11 heavy (non-hydrogen) atoms. The number of carbonyl (C=O) groups excluding carboxylic acids is 1. The predicted octanol–water partition coefficient (Wildman–Crippen LogP) is 0.217. The third kappa shape index (κ3) is 2.19. The third-order valence-corrected chi connectivity index (χ3v) is 2.20. The van der Waals surface area contributed by atoms with Gasteiger partial charge in [-0.25, -0.2) is 0 Å². The van der Waals surface area contributed by atoms with Gasteiger partial charge in [0.05, 0.1) is 0 Å². The molecule has 1 rings (SSSR count). The fourth-order valence-corrected chi connectivity index (χ4v) is 1.48. The van der Waals surface area contributed by atoms with Crippen LogP contribution in [0.4, 0.5) is 0 Å². The van der Waals surface area contributed by atoms with Gasteiger partial charge in [0.25, 0.3) is 0 Å². The van der Waals surface area contributed by atoms with Crippen LogP contribution in [0.15, 0.2) is 0 Å². The predicted molar refractivity (Wildman–Crippen MR) is 44.3 cm³/mol. The van der Waals surface area contributed by atoms with Gasteiger partial charge in [-0.2, -0.15) is 0 Å². The maximum absolute atomic E-state index is 11.1. The molecule has 0 aromatic carbocycles. The number of amides is 1. The molecule has 1 saturated heterocycles. The van der Waals surface area contributed by atoms with Crippen LogP contribution < -0.4 is 5.32 Å². The molecule has 0 aromatic heterocycles. The van der Waals surface area contributed by atoms with Crippen molar-refractivity contribution in [1.82, 2.24) is 10.2 Å². The Labute approximate surface area is 67.8 Å². The van der Waals surface area contributed by atoms with Crippen molar-refractivity contribution in [1.29, 1.82) is 0 Å². The van der Waals surface area contributed by atoms with Gasteiger partial charge in [0.1, 0.15) is 0 Å². The van der Waals surface area contributed by atoms with Crippen molar-refractivity contribution >= 4 is 5.91 Å². The average molecular weight is 156 g/mol. The monoisotopic (exact) mass is 156 g/mol. The Morgan fingerprint density at radius 1 is 1.55 bits per heavy atom. The highest BCUT2D eigenvalue weighted by atomic mass is 16.2. The van der Waals surface area contributed by atoms with Gasteiger partial charge in [-0.1, -0.05) is 0 Å². The minimum atomic E-state index is 0.196. The first-order valence-electron chi connectivity index (χ1n) is 4.19. The number of hydrogen-bond acceptors (Lipinski definition) is 2. The van der Waals surface area contributed by atoms with Crippen molar-refractivity contribution in [3.05, 3.63) is 0 Å². The molecule has 64 valence electrons. The largest absolute Gasteiger partial charge is 0.339 e. The summed E-state index contributed by atoms with van der Waals surface area (Å²) in [5.74, 6) is 0.196. The Hall–Kier alpha value is -0.570. The summed E-state index contributed by atoms with van der Waals surface area (Å²) in [6.07, 6.45) is 1.07. The third-order valence-electron chi connectivity index (χ3n) is 2.20. The van der Waals surface area contributed by atoms with E-state index in [1.807, 2.05) is 4.90 Å². The summed E-state index contributed by atoms with van der Waals surface area (Å²) < 4.78 is 0. The fourth-order valence-electron chi connectivity index (χ4n) is 1.48. The molecule has 0 radical (unpaired) electrons. The molecular formula is C8H16N2O. The minimum absolute atomic E-state index is 0.196. The summed E-state index contributed by atoms with van der Waals surface area (Å²) in [5.41, 5.74) is 0. The normalized spacial score (nSPS) is 26.4. The van der Waals surface area contributed by atoms with E-state index in [1.54, 1.807) is 6.92 Å². The molecule has 1 heterocycles. The zero-order valence-electron chi connectivity index (χ0n) is 7.26. The Morgan fingerprint density at radius 2 is 2.27 bits per heavy atom. The molecule has 1 aliphatic heterocycles. The van der Waals surface area contributed by atoms with Crippen molar-refractivity contribution in [3.63, 3.8) is 0 Å². The smallest absolute Gasteiger partial charge is 0.219 e.